The number of anilines is 6. The zero-order valence-electron chi connectivity index (χ0n) is 62.5. The average Bonchev–Trinajstić information content (AvgIpc) is 0.804. The second kappa shape index (κ2) is 26.9. The fraction of sp³-hybridized carbons (Fsp3) is 0.189. The molecule has 16 aromatic rings. The minimum absolute atomic E-state index is 0.220. The van der Waals surface area contributed by atoms with Crippen molar-refractivity contribution in [2.45, 2.75) is 98.7 Å². The molecule has 110 heavy (non-hydrogen) atoms. The lowest BCUT2D eigenvalue weighted by molar-refractivity contribution is -0.0282. The molecular weight excluding hydrogens is 1340 g/mol. The van der Waals surface area contributed by atoms with E-state index < -0.39 is 8.07 Å². The molecule has 2 unspecified atom stereocenters. The van der Waals surface area contributed by atoms with Crippen molar-refractivity contribution in [3.8, 4) is 5.69 Å². The van der Waals surface area contributed by atoms with Crippen LogP contribution in [0.15, 0.2) is 382 Å². The Morgan fingerprint density at radius 2 is 0.509 bits per heavy atom. The Balaban J connectivity index is 0.000000140. The summed E-state index contributed by atoms with van der Waals surface area (Å²) < 4.78 is 2.46. The molecular formula is C106H91N3Si. The Labute approximate surface area is 648 Å². The van der Waals surface area contributed by atoms with Crippen molar-refractivity contribution in [1.82, 2.24) is 4.57 Å². The van der Waals surface area contributed by atoms with Crippen LogP contribution in [0.3, 0.4) is 0 Å². The van der Waals surface area contributed by atoms with Gasteiger partial charge in [-0.1, -0.05) is 297 Å². The van der Waals surface area contributed by atoms with Crippen molar-refractivity contribution in [2.75, 3.05) is 9.80 Å². The first-order valence-electron chi connectivity index (χ1n) is 40.5. The van der Waals surface area contributed by atoms with Crippen LogP contribution >= 0.6 is 0 Å². The molecule has 0 radical (unpaired) electrons. The van der Waals surface area contributed by atoms with Gasteiger partial charge in [-0.05, 0) is 261 Å². The van der Waals surface area contributed by atoms with Gasteiger partial charge in [-0.15, -0.1) is 0 Å². The minimum Gasteiger partial charge on any atom is -0.310 e. The first-order chi connectivity index (χ1) is 54.3. The Morgan fingerprint density at radius 1 is 0.236 bits per heavy atom. The molecule has 24 rings (SSSR count). The molecule has 1 aromatic heterocycles. The molecule has 0 amide bonds. The lowest BCUT2D eigenvalue weighted by Gasteiger charge is -2.63. The summed E-state index contributed by atoms with van der Waals surface area (Å²) in [5, 5.41) is 13.5. The summed E-state index contributed by atoms with van der Waals surface area (Å²) in [4.78, 5) is 4.87. The standard InChI is InChI=1S/C54H46N2.C52H45NSi/c1-3-17-45(18-4-1)55(51-23-11-15-41-13-7-9-21-49(41)51)47-29-25-43(26-30-47)53-34-39-33-40(35-53)37-54(36-39,38-53)44-27-31-48(32-28-44)56(46-19-5-2-6-20-46)52-24-12-16-42-14-8-10-22-50(42)52;1-4-14-43(15-5-1)54(44-16-6-2-7-17-44,45-18-8-3-9-19-45)46-30-26-41(27-31-46)52-35-38-32-39(36-52)34-51(33-38,37-52)40-24-28-42(29-25-40)53-49-22-12-10-20-47(49)48-21-11-13-23-50(48)53/h1-32,39-40H,33-38H2;1-31,38-39H,32-37H2. The lowest BCUT2D eigenvalue weighted by atomic mass is 9.41. The zero-order chi connectivity index (χ0) is 72.9. The third-order valence-electron chi connectivity index (χ3n) is 27.5. The highest BCUT2D eigenvalue weighted by atomic mass is 28.3. The maximum absolute atomic E-state index is 2.57. The van der Waals surface area contributed by atoms with Crippen molar-refractivity contribution < 1.29 is 0 Å². The van der Waals surface area contributed by atoms with E-state index in [1.807, 2.05) is 0 Å². The molecule has 8 fully saturated rings. The molecule has 0 saturated heterocycles. The van der Waals surface area contributed by atoms with Gasteiger partial charge in [-0.2, -0.15) is 0 Å². The van der Waals surface area contributed by atoms with Gasteiger partial charge in [0.15, 0.2) is 8.07 Å². The van der Waals surface area contributed by atoms with Crippen molar-refractivity contribution in [3.05, 3.63) is 404 Å². The van der Waals surface area contributed by atoms with Gasteiger partial charge in [0.2, 0.25) is 0 Å². The number of nitrogens with zero attached hydrogens (tertiary/aromatic N) is 3. The van der Waals surface area contributed by atoms with Crippen molar-refractivity contribution in [1.29, 1.82) is 0 Å². The number of fused-ring (bicyclic) bond motifs is 5. The monoisotopic (exact) mass is 1430 g/mol. The smallest absolute Gasteiger partial charge is 0.179 e. The maximum atomic E-state index is 2.57. The predicted molar refractivity (Wildman–Crippen MR) is 464 cm³/mol. The minimum atomic E-state index is -2.54. The van der Waals surface area contributed by atoms with Crippen molar-refractivity contribution in [2.24, 2.45) is 23.7 Å². The highest BCUT2D eigenvalue weighted by Crippen LogP contribution is 2.68. The average molecular weight is 1440 g/mol. The second-order valence-corrected chi connectivity index (χ2v) is 37.6. The van der Waals surface area contributed by atoms with Gasteiger partial charge < -0.3 is 14.4 Å². The van der Waals surface area contributed by atoms with E-state index in [-0.39, 0.29) is 21.7 Å². The summed E-state index contributed by atoms with van der Waals surface area (Å²) in [6.07, 6.45) is 15.9. The summed E-state index contributed by atoms with van der Waals surface area (Å²) in [6, 6.07) is 144. The van der Waals surface area contributed by atoms with E-state index in [0.29, 0.717) is 0 Å². The van der Waals surface area contributed by atoms with Gasteiger partial charge >= 0.3 is 0 Å². The number of rotatable bonds is 15. The van der Waals surface area contributed by atoms with Crippen LogP contribution in [0.2, 0.25) is 0 Å². The number of aromatic nitrogens is 1. The van der Waals surface area contributed by atoms with Crippen LogP contribution in [-0.4, -0.2) is 12.6 Å². The molecule has 8 saturated carbocycles. The van der Waals surface area contributed by atoms with Gasteiger partial charge in [0, 0.05) is 50.0 Å². The first kappa shape index (κ1) is 66.6. The molecule has 8 aliphatic rings. The molecule has 3 nitrogen and oxygen atoms in total. The molecule has 4 heteroatoms. The summed E-state index contributed by atoms with van der Waals surface area (Å²) in [5.74, 6) is 3.16. The number of benzene rings is 15. The molecule has 0 aliphatic heterocycles. The maximum Gasteiger partial charge on any atom is 0.179 e. The van der Waals surface area contributed by atoms with Crippen molar-refractivity contribution >= 4 is 106 Å². The van der Waals surface area contributed by atoms with E-state index in [9.17, 15) is 0 Å². The highest BCUT2D eigenvalue weighted by molar-refractivity contribution is 7.19. The molecule has 0 spiro atoms. The number of para-hydroxylation sites is 4. The Morgan fingerprint density at radius 3 is 0.873 bits per heavy atom. The molecule has 15 aromatic carbocycles. The van der Waals surface area contributed by atoms with E-state index in [4.69, 9.17) is 0 Å². The van der Waals surface area contributed by atoms with Crippen LogP contribution in [0.5, 0.6) is 0 Å². The van der Waals surface area contributed by atoms with E-state index in [0.717, 1.165) is 23.7 Å². The third kappa shape index (κ3) is 11.2. The Kier molecular flexibility index (Phi) is 16.3. The number of hydrogen-bond donors (Lipinski definition) is 0. The van der Waals surface area contributed by atoms with Crippen LogP contribution in [0.25, 0.3) is 49.0 Å². The van der Waals surface area contributed by atoms with Crippen LogP contribution in [0.1, 0.15) is 99.3 Å². The van der Waals surface area contributed by atoms with E-state index >= 15 is 0 Å². The quantitative estimate of drug-likeness (QED) is 0.0749. The largest absolute Gasteiger partial charge is 0.310 e. The van der Waals surface area contributed by atoms with Crippen LogP contribution in [0, 0.1) is 23.7 Å². The molecule has 1 heterocycles. The van der Waals surface area contributed by atoms with E-state index in [1.165, 1.54) is 192 Å². The molecule has 534 valence electrons. The number of hydrogen-bond acceptors (Lipinski definition) is 2. The molecule has 8 bridgehead atoms. The normalized spacial score (nSPS) is 22.8. The topological polar surface area (TPSA) is 11.4 Å². The molecule has 8 aliphatic carbocycles. The lowest BCUT2D eigenvalue weighted by Crippen LogP contribution is -2.74. The Hall–Kier alpha value is -11.6. The van der Waals surface area contributed by atoms with E-state index in [1.54, 1.807) is 11.1 Å². The summed E-state index contributed by atoms with van der Waals surface area (Å²) in [6.45, 7) is 0. The van der Waals surface area contributed by atoms with Gasteiger partial charge in [0.05, 0.1) is 22.4 Å². The van der Waals surface area contributed by atoms with Crippen LogP contribution in [0.4, 0.5) is 34.1 Å². The van der Waals surface area contributed by atoms with Crippen molar-refractivity contribution in [3.63, 3.8) is 0 Å². The Bertz CT molecular complexity index is 5640. The SMILES string of the molecule is c1ccc(N(c2ccc(C34CC5CC(C3)CC(c3ccc(N(c6ccccc6)c6cccc7ccccc67)cc3)(C5)C4)cc2)c2cccc3ccccc23)cc1.c1ccc([Si](c2ccccc2)(c2ccccc2)c2ccc(C34CC5CC(CC(c6ccc(-n7c8ccccc8c8ccccc87)cc6)(C5)C3)C4)cc2)cc1. The zero-order valence-corrected chi connectivity index (χ0v) is 63.5. The van der Waals surface area contributed by atoms with E-state index in [2.05, 4.69) is 397 Å². The van der Waals surface area contributed by atoms with Gasteiger partial charge in [0.1, 0.15) is 0 Å². The predicted octanol–water partition coefficient (Wildman–Crippen LogP) is 24.7. The van der Waals surface area contributed by atoms with Crippen LogP contribution < -0.4 is 30.5 Å². The summed E-state index contributed by atoms with van der Waals surface area (Å²) in [7, 11) is -2.54. The molecule has 2 atom stereocenters. The first-order valence-corrected chi connectivity index (χ1v) is 42.5. The van der Waals surface area contributed by atoms with Gasteiger partial charge in [-0.25, -0.2) is 0 Å². The van der Waals surface area contributed by atoms with Gasteiger partial charge in [0.25, 0.3) is 0 Å². The summed E-state index contributed by atoms with van der Waals surface area (Å²) in [5.41, 5.74) is 18.2. The van der Waals surface area contributed by atoms with Gasteiger partial charge in [-0.3, -0.25) is 0 Å². The van der Waals surface area contributed by atoms with Crippen LogP contribution in [-0.2, 0) is 21.7 Å². The fourth-order valence-electron chi connectivity index (χ4n) is 23.9. The fourth-order valence-corrected chi connectivity index (χ4v) is 28.7. The molecule has 0 N–H and O–H groups in total. The third-order valence-corrected chi connectivity index (χ3v) is 32.3. The second-order valence-electron chi connectivity index (χ2n) is 33.8. The summed E-state index contributed by atoms with van der Waals surface area (Å²) >= 11 is 0. The highest BCUT2D eigenvalue weighted by Gasteiger charge is 2.60.